The van der Waals surface area contributed by atoms with Gasteiger partial charge in [-0.2, -0.15) is 0 Å². The molecule has 8 heteroatoms. The fourth-order valence-corrected chi connectivity index (χ4v) is 2.14. The second-order valence-corrected chi connectivity index (χ2v) is 4.99. The van der Waals surface area contributed by atoms with Gasteiger partial charge in [0, 0.05) is 37.7 Å². The third-order valence-corrected chi connectivity index (χ3v) is 3.43. The number of carbonyl (C=O) groups excluding carboxylic acids is 3. The van der Waals surface area contributed by atoms with Gasteiger partial charge < -0.3 is 5.32 Å². The summed E-state index contributed by atoms with van der Waals surface area (Å²) in [7, 11) is 0. The summed E-state index contributed by atoms with van der Waals surface area (Å²) in [5.74, 6) is -1.07. The van der Waals surface area contributed by atoms with Crippen molar-refractivity contribution in [2.75, 3.05) is 13.1 Å². The first-order valence-corrected chi connectivity index (χ1v) is 7.16. The molecule has 2 rings (SSSR count). The Bertz CT molecular complexity index is 636. The van der Waals surface area contributed by atoms with Crippen LogP contribution in [0.25, 0.3) is 0 Å². The van der Waals surface area contributed by atoms with Crippen LogP contribution in [0.3, 0.4) is 0 Å². The minimum absolute atomic E-state index is 0.164. The maximum atomic E-state index is 11.8. The first-order valence-electron chi connectivity index (χ1n) is 7.16. The fourth-order valence-electron chi connectivity index (χ4n) is 2.14. The number of aromatic nitrogens is 2. The van der Waals surface area contributed by atoms with Gasteiger partial charge in [0.05, 0.1) is 6.33 Å². The Morgan fingerprint density at radius 3 is 2.55 bits per heavy atom. The highest BCUT2D eigenvalue weighted by atomic mass is 16.2. The average Bonchev–Trinajstić information content (AvgIpc) is 2.80. The Morgan fingerprint density at radius 1 is 1.27 bits per heavy atom. The van der Waals surface area contributed by atoms with Gasteiger partial charge in [0.15, 0.2) is 0 Å². The molecule has 3 amide bonds. The quantitative estimate of drug-likeness (QED) is 0.684. The minimum Gasteiger partial charge on any atom is -0.353 e. The lowest BCUT2D eigenvalue weighted by Crippen LogP contribution is -2.41. The smallest absolute Gasteiger partial charge is 0.253 e. The molecule has 0 aliphatic carbocycles. The summed E-state index contributed by atoms with van der Waals surface area (Å²) in [4.78, 5) is 51.3. The summed E-state index contributed by atoms with van der Waals surface area (Å²) in [6.07, 6.45) is 2.46. The molecule has 0 bridgehead atoms. The Kier molecular flexibility index (Phi) is 5.03. The number of rotatable bonds is 6. The van der Waals surface area contributed by atoms with Gasteiger partial charge in [-0.25, -0.2) is 4.98 Å². The zero-order chi connectivity index (χ0) is 16.1. The first-order chi connectivity index (χ1) is 10.5. The summed E-state index contributed by atoms with van der Waals surface area (Å²) in [5, 5.41) is 2.58. The topological polar surface area (TPSA) is 101 Å². The molecule has 2 heterocycles. The molecule has 1 aromatic heterocycles. The van der Waals surface area contributed by atoms with Crippen LogP contribution in [0.2, 0.25) is 0 Å². The summed E-state index contributed by atoms with van der Waals surface area (Å²) in [6, 6.07) is 1.46. The highest BCUT2D eigenvalue weighted by Gasteiger charge is 2.30. The lowest BCUT2D eigenvalue weighted by molar-refractivity contribution is -0.142. The molecule has 0 radical (unpaired) electrons. The Hall–Kier alpha value is -2.51. The van der Waals surface area contributed by atoms with Gasteiger partial charge in [-0.15, -0.1) is 0 Å². The fraction of sp³-hybridized carbons (Fsp3) is 0.500. The molecule has 1 saturated heterocycles. The molecule has 1 aliphatic rings. The number of imide groups is 1. The molecular weight excluding hydrogens is 288 g/mol. The van der Waals surface area contributed by atoms with Crippen molar-refractivity contribution in [3.05, 3.63) is 28.4 Å². The van der Waals surface area contributed by atoms with Crippen LogP contribution in [-0.4, -0.2) is 45.3 Å². The molecule has 0 atom stereocenters. The zero-order valence-electron chi connectivity index (χ0n) is 12.4. The van der Waals surface area contributed by atoms with Crippen molar-refractivity contribution in [3.63, 3.8) is 0 Å². The van der Waals surface area contributed by atoms with Crippen LogP contribution in [-0.2, 0) is 27.3 Å². The van der Waals surface area contributed by atoms with E-state index in [0.29, 0.717) is 6.42 Å². The van der Waals surface area contributed by atoms with Crippen molar-refractivity contribution >= 4 is 17.7 Å². The maximum Gasteiger partial charge on any atom is 0.253 e. The van der Waals surface area contributed by atoms with Crippen molar-refractivity contribution in [1.29, 1.82) is 0 Å². The molecule has 1 N–H and O–H groups in total. The molecule has 118 valence electrons. The molecule has 1 fully saturated rings. The van der Waals surface area contributed by atoms with E-state index in [1.54, 1.807) is 0 Å². The summed E-state index contributed by atoms with van der Waals surface area (Å²) in [5.41, 5.74) is 0.544. The van der Waals surface area contributed by atoms with E-state index in [1.807, 2.05) is 6.92 Å². The van der Waals surface area contributed by atoms with Crippen LogP contribution in [0.4, 0.5) is 0 Å². The molecule has 0 saturated carbocycles. The number of hydrogen-bond donors (Lipinski definition) is 1. The van der Waals surface area contributed by atoms with Gasteiger partial charge in [-0.1, -0.05) is 6.92 Å². The lowest BCUT2D eigenvalue weighted by Gasteiger charge is -2.13. The number of aryl methyl sites for hydroxylation is 1. The lowest BCUT2D eigenvalue weighted by atomic mass is 10.3. The zero-order valence-corrected chi connectivity index (χ0v) is 12.4. The summed E-state index contributed by atoms with van der Waals surface area (Å²) >= 11 is 0. The number of nitrogens with zero attached hydrogens (tertiary/aromatic N) is 3. The van der Waals surface area contributed by atoms with E-state index in [-0.39, 0.29) is 49.8 Å². The van der Waals surface area contributed by atoms with Crippen molar-refractivity contribution < 1.29 is 14.4 Å². The van der Waals surface area contributed by atoms with E-state index in [4.69, 9.17) is 0 Å². The van der Waals surface area contributed by atoms with Crippen LogP contribution in [0.1, 0.15) is 25.5 Å². The van der Waals surface area contributed by atoms with Crippen molar-refractivity contribution in [3.8, 4) is 0 Å². The number of carbonyl (C=O) groups is 3. The predicted molar refractivity (Wildman–Crippen MR) is 76.8 cm³/mol. The van der Waals surface area contributed by atoms with E-state index in [2.05, 4.69) is 10.3 Å². The van der Waals surface area contributed by atoms with Gasteiger partial charge >= 0.3 is 0 Å². The van der Waals surface area contributed by atoms with E-state index >= 15 is 0 Å². The van der Waals surface area contributed by atoms with E-state index in [0.717, 1.165) is 10.6 Å². The molecule has 1 aromatic rings. The van der Waals surface area contributed by atoms with Gasteiger partial charge in [0.1, 0.15) is 6.54 Å². The first kappa shape index (κ1) is 15.9. The van der Waals surface area contributed by atoms with E-state index in [9.17, 15) is 19.2 Å². The highest BCUT2D eigenvalue weighted by molar-refractivity contribution is 6.04. The average molecular weight is 306 g/mol. The standard InChI is InChI=1S/C14H18N4O4/c1-2-10-7-14(22)17(9-16-10)6-5-15-11(19)8-18-12(20)3-4-13(18)21/h7,9H,2-6,8H2,1H3,(H,15,19). The SMILES string of the molecule is CCc1cc(=O)n(CCNC(=O)CN2C(=O)CCC2=O)cn1. The minimum atomic E-state index is -0.421. The molecule has 1 aliphatic heterocycles. The highest BCUT2D eigenvalue weighted by Crippen LogP contribution is 2.10. The Morgan fingerprint density at radius 2 is 1.95 bits per heavy atom. The van der Waals surface area contributed by atoms with Crippen molar-refractivity contribution in [2.45, 2.75) is 32.7 Å². The predicted octanol–water partition coefficient (Wildman–Crippen LogP) is -0.929. The molecule has 8 nitrogen and oxygen atoms in total. The van der Waals surface area contributed by atoms with E-state index in [1.165, 1.54) is 17.0 Å². The van der Waals surface area contributed by atoms with Crippen LogP contribution < -0.4 is 10.9 Å². The van der Waals surface area contributed by atoms with Gasteiger partial charge in [-0.3, -0.25) is 28.6 Å². The molecule has 0 unspecified atom stereocenters. The van der Waals surface area contributed by atoms with E-state index < -0.39 is 5.91 Å². The number of amides is 3. The van der Waals surface area contributed by atoms with Gasteiger partial charge in [0.2, 0.25) is 17.7 Å². The van der Waals surface area contributed by atoms with Crippen molar-refractivity contribution in [2.24, 2.45) is 0 Å². The van der Waals surface area contributed by atoms with Crippen LogP contribution in [0.15, 0.2) is 17.2 Å². The largest absolute Gasteiger partial charge is 0.353 e. The summed E-state index contributed by atoms with van der Waals surface area (Å²) < 4.78 is 1.39. The van der Waals surface area contributed by atoms with Gasteiger partial charge in [0.25, 0.3) is 5.56 Å². The normalized spacial score (nSPS) is 14.5. The number of likely N-dealkylation sites (tertiary alicyclic amines) is 1. The number of hydrogen-bond acceptors (Lipinski definition) is 5. The second kappa shape index (κ2) is 6.97. The number of nitrogens with one attached hydrogen (secondary N) is 1. The van der Waals surface area contributed by atoms with Crippen molar-refractivity contribution in [1.82, 2.24) is 19.8 Å². The van der Waals surface area contributed by atoms with Crippen LogP contribution in [0.5, 0.6) is 0 Å². The molecule has 22 heavy (non-hydrogen) atoms. The van der Waals surface area contributed by atoms with Crippen LogP contribution in [0, 0.1) is 0 Å². The van der Waals surface area contributed by atoms with Gasteiger partial charge in [-0.05, 0) is 6.42 Å². The molecule has 0 spiro atoms. The second-order valence-electron chi connectivity index (χ2n) is 4.99. The Balaban J connectivity index is 1.81. The van der Waals surface area contributed by atoms with Crippen LogP contribution >= 0.6 is 0 Å². The molecular formula is C14H18N4O4. The third-order valence-electron chi connectivity index (χ3n) is 3.43. The molecule has 0 aromatic carbocycles. The summed E-state index contributed by atoms with van der Waals surface area (Å²) in [6.45, 7) is 2.15. The third kappa shape index (κ3) is 3.78. The monoisotopic (exact) mass is 306 g/mol. The Labute approximate surface area is 127 Å². The maximum absolute atomic E-state index is 11.8.